The van der Waals surface area contributed by atoms with Crippen LogP contribution < -0.4 is 4.90 Å². The zero-order valence-corrected chi connectivity index (χ0v) is 16.9. The zero-order valence-electron chi connectivity index (χ0n) is 16.9. The third-order valence-electron chi connectivity index (χ3n) is 5.86. The summed E-state index contributed by atoms with van der Waals surface area (Å²) in [4.78, 5) is 44.0. The van der Waals surface area contributed by atoms with E-state index in [1.165, 1.54) is 0 Å². The molecule has 1 atom stereocenters. The van der Waals surface area contributed by atoms with Crippen LogP contribution in [0.5, 0.6) is 0 Å². The Balaban J connectivity index is 1.34. The van der Waals surface area contributed by atoms with Crippen LogP contribution in [-0.4, -0.2) is 69.3 Å². The van der Waals surface area contributed by atoms with E-state index in [0.717, 1.165) is 35.7 Å². The SMILES string of the molecule is Cc1ncnc(N2CCN(C(=O)C3CC(=O)N(Cc4cccnc4)C3)CC2)c1C. The minimum absolute atomic E-state index is 0.0397. The molecule has 152 valence electrons. The molecular formula is C21H26N6O2. The monoisotopic (exact) mass is 394 g/mol. The van der Waals surface area contributed by atoms with Gasteiger partial charge < -0.3 is 14.7 Å². The van der Waals surface area contributed by atoms with Crippen molar-refractivity contribution in [1.29, 1.82) is 0 Å². The number of aryl methyl sites for hydroxylation is 1. The van der Waals surface area contributed by atoms with Crippen molar-refractivity contribution in [2.75, 3.05) is 37.6 Å². The van der Waals surface area contributed by atoms with E-state index in [9.17, 15) is 9.59 Å². The Bertz CT molecular complexity index is 895. The highest BCUT2D eigenvalue weighted by Gasteiger charge is 2.37. The van der Waals surface area contributed by atoms with Crippen molar-refractivity contribution in [1.82, 2.24) is 24.8 Å². The van der Waals surface area contributed by atoms with Crippen LogP contribution in [0.1, 0.15) is 23.2 Å². The van der Waals surface area contributed by atoms with Gasteiger partial charge in [0.15, 0.2) is 0 Å². The molecule has 2 fully saturated rings. The predicted molar refractivity (Wildman–Crippen MR) is 108 cm³/mol. The number of piperazine rings is 1. The van der Waals surface area contributed by atoms with Gasteiger partial charge in [0, 0.05) is 69.3 Å². The number of hydrogen-bond donors (Lipinski definition) is 0. The van der Waals surface area contributed by atoms with Crippen LogP contribution in [0.2, 0.25) is 0 Å². The van der Waals surface area contributed by atoms with Crippen LogP contribution in [0.15, 0.2) is 30.9 Å². The first-order valence-corrected chi connectivity index (χ1v) is 10.0. The van der Waals surface area contributed by atoms with Crippen molar-refractivity contribution in [3.63, 3.8) is 0 Å². The summed E-state index contributed by atoms with van der Waals surface area (Å²) in [6, 6.07) is 3.81. The number of hydrogen-bond acceptors (Lipinski definition) is 6. The number of likely N-dealkylation sites (tertiary alicyclic amines) is 1. The maximum absolute atomic E-state index is 13.0. The van der Waals surface area contributed by atoms with Gasteiger partial charge in [-0.15, -0.1) is 0 Å². The van der Waals surface area contributed by atoms with E-state index < -0.39 is 0 Å². The average molecular weight is 394 g/mol. The standard InChI is InChI=1S/C21H26N6O2/c1-15-16(2)23-14-24-20(15)25-6-8-26(9-7-25)21(29)18-10-19(28)27(13-18)12-17-4-3-5-22-11-17/h3-5,11,14,18H,6-10,12-13H2,1-2H3. The molecule has 8 nitrogen and oxygen atoms in total. The van der Waals surface area contributed by atoms with Gasteiger partial charge in [-0.1, -0.05) is 6.07 Å². The molecule has 0 bridgehead atoms. The van der Waals surface area contributed by atoms with Gasteiger partial charge in [-0.05, 0) is 25.5 Å². The molecule has 2 aliphatic rings. The Hall–Kier alpha value is -3.03. The van der Waals surface area contributed by atoms with E-state index in [2.05, 4.69) is 19.9 Å². The summed E-state index contributed by atoms with van der Waals surface area (Å²) in [6.07, 6.45) is 5.36. The fourth-order valence-electron chi connectivity index (χ4n) is 4.04. The Morgan fingerprint density at radius 2 is 1.97 bits per heavy atom. The van der Waals surface area contributed by atoms with Crippen molar-refractivity contribution in [3.05, 3.63) is 47.7 Å². The second kappa shape index (κ2) is 8.14. The van der Waals surface area contributed by atoms with E-state index in [0.29, 0.717) is 32.6 Å². The first-order chi connectivity index (χ1) is 14.0. The number of aromatic nitrogens is 3. The highest BCUT2D eigenvalue weighted by Crippen LogP contribution is 2.24. The number of nitrogens with zero attached hydrogens (tertiary/aromatic N) is 6. The Kier molecular flexibility index (Phi) is 5.42. The second-order valence-corrected chi connectivity index (χ2v) is 7.76. The van der Waals surface area contributed by atoms with E-state index in [1.807, 2.05) is 30.9 Å². The molecular weight excluding hydrogens is 368 g/mol. The molecule has 0 N–H and O–H groups in total. The molecule has 2 saturated heterocycles. The minimum Gasteiger partial charge on any atom is -0.353 e. The van der Waals surface area contributed by atoms with Gasteiger partial charge in [0.2, 0.25) is 11.8 Å². The number of carbonyl (C=O) groups excluding carboxylic acids is 2. The predicted octanol–water partition coefficient (Wildman–Crippen LogP) is 1.19. The molecule has 2 amide bonds. The summed E-state index contributed by atoms with van der Waals surface area (Å²) in [5, 5.41) is 0. The summed E-state index contributed by atoms with van der Waals surface area (Å²) >= 11 is 0. The summed E-state index contributed by atoms with van der Waals surface area (Å²) < 4.78 is 0. The Morgan fingerprint density at radius 3 is 2.69 bits per heavy atom. The lowest BCUT2D eigenvalue weighted by Crippen LogP contribution is -2.51. The first-order valence-electron chi connectivity index (χ1n) is 10.0. The van der Waals surface area contributed by atoms with Gasteiger partial charge in [-0.25, -0.2) is 9.97 Å². The van der Waals surface area contributed by atoms with Crippen LogP contribution in [0.4, 0.5) is 5.82 Å². The van der Waals surface area contributed by atoms with Crippen LogP contribution >= 0.6 is 0 Å². The minimum atomic E-state index is -0.256. The highest BCUT2D eigenvalue weighted by atomic mass is 16.2. The van der Waals surface area contributed by atoms with Crippen LogP contribution in [0.3, 0.4) is 0 Å². The summed E-state index contributed by atoms with van der Waals surface area (Å²) in [5.41, 5.74) is 3.05. The molecule has 2 aliphatic heterocycles. The lowest BCUT2D eigenvalue weighted by atomic mass is 10.1. The van der Waals surface area contributed by atoms with Crippen LogP contribution in [0, 0.1) is 19.8 Å². The molecule has 0 saturated carbocycles. The summed E-state index contributed by atoms with van der Waals surface area (Å²) in [5.74, 6) is 0.817. The number of rotatable bonds is 4. The van der Waals surface area contributed by atoms with Crippen molar-refractivity contribution in [2.45, 2.75) is 26.8 Å². The molecule has 2 aromatic heterocycles. The quantitative estimate of drug-likeness (QED) is 0.775. The second-order valence-electron chi connectivity index (χ2n) is 7.76. The summed E-state index contributed by atoms with van der Waals surface area (Å²) in [7, 11) is 0. The Labute approximate surface area is 170 Å². The largest absolute Gasteiger partial charge is 0.353 e. The van der Waals surface area contributed by atoms with Crippen molar-refractivity contribution >= 4 is 17.6 Å². The molecule has 8 heteroatoms. The maximum atomic E-state index is 13.0. The molecule has 0 radical (unpaired) electrons. The van der Waals surface area contributed by atoms with Crippen molar-refractivity contribution < 1.29 is 9.59 Å². The zero-order chi connectivity index (χ0) is 20.4. The van der Waals surface area contributed by atoms with Gasteiger partial charge >= 0.3 is 0 Å². The summed E-state index contributed by atoms with van der Waals surface area (Å²) in [6.45, 7) is 7.78. The van der Waals surface area contributed by atoms with Gasteiger partial charge in [0.05, 0.1) is 5.92 Å². The smallest absolute Gasteiger partial charge is 0.228 e. The molecule has 29 heavy (non-hydrogen) atoms. The van der Waals surface area contributed by atoms with E-state index in [4.69, 9.17) is 0 Å². The number of pyridine rings is 1. The van der Waals surface area contributed by atoms with Gasteiger partial charge in [-0.3, -0.25) is 14.6 Å². The average Bonchev–Trinajstić information content (AvgIpc) is 3.11. The lowest BCUT2D eigenvalue weighted by Gasteiger charge is -2.37. The topological polar surface area (TPSA) is 82.5 Å². The normalized spacial score (nSPS) is 19.7. The molecule has 4 rings (SSSR count). The third kappa shape index (κ3) is 4.06. The van der Waals surface area contributed by atoms with E-state index >= 15 is 0 Å². The molecule has 0 aliphatic carbocycles. The fourth-order valence-corrected chi connectivity index (χ4v) is 4.04. The van der Waals surface area contributed by atoms with Gasteiger partial charge in [0.25, 0.3) is 0 Å². The van der Waals surface area contributed by atoms with Gasteiger partial charge in [-0.2, -0.15) is 0 Å². The number of amides is 2. The third-order valence-corrected chi connectivity index (χ3v) is 5.86. The molecule has 1 unspecified atom stereocenters. The molecule has 0 spiro atoms. The lowest BCUT2D eigenvalue weighted by molar-refractivity contribution is -0.136. The number of anilines is 1. The molecule has 2 aromatic rings. The van der Waals surface area contributed by atoms with E-state index in [1.54, 1.807) is 23.6 Å². The number of carbonyl (C=O) groups is 2. The van der Waals surface area contributed by atoms with Crippen LogP contribution in [0.25, 0.3) is 0 Å². The van der Waals surface area contributed by atoms with Crippen LogP contribution in [-0.2, 0) is 16.1 Å². The molecule has 0 aromatic carbocycles. The maximum Gasteiger partial charge on any atom is 0.228 e. The van der Waals surface area contributed by atoms with Crippen molar-refractivity contribution in [3.8, 4) is 0 Å². The Morgan fingerprint density at radius 1 is 1.17 bits per heavy atom. The highest BCUT2D eigenvalue weighted by molar-refractivity contribution is 5.89. The van der Waals surface area contributed by atoms with E-state index in [-0.39, 0.29) is 17.7 Å². The van der Waals surface area contributed by atoms with Gasteiger partial charge in [0.1, 0.15) is 12.1 Å². The first kappa shape index (κ1) is 19.3. The van der Waals surface area contributed by atoms with Crippen molar-refractivity contribution in [2.24, 2.45) is 5.92 Å². The fraction of sp³-hybridized carbons (Fsp3) is 0.476. The molecule has 4 heterocycles.